The van der Waals surface area contributed by atoms with E-state index in [4.69, 9.17) is 14.0 Å². The van der Waals surface area contributed by atoms with Gasteiger partial charge in [0.2, 0.25) is 11.8 Å². The SMILES string of the molecule is CC(=O)N[C@](CCOC(=O)N(C1CCCC1)C(C)(C)C)(B1OC(C)(C)C(C)(C)O1)C(=O)NC(C)(C)C. The summed E-state index contributed by atoms with van der Waals surface area (Å²) in [5.41, 5.74) is -4.05. The van der Waals surface area contributed by atoms with Crippen molar-refractivity contribution in [1.29, 1.82) is 0 Å². The van der Waals surface area contributed by atoms with Crippen molar-refractivity contribution in [2.24, 2.45) is 0 Å². The van der Waals surface area contributed by atoms with E-state index in [9.17, 15) is 14.4 Å². The van der Waals surface area contributed by atoms with E-state index in [2.05, 4.69) is 10.6 Å². The molecule has 0 bridgehead atoms. The second kappa shape index (κ2) is 10.5. The van der Waals surface area contributed by atoms with Crippen molar-refractivity contribution in [1.82, 2.24) is 15.5 Å². The molecule has 1 heterocycles. The highest BCUT2D eigenvalue weighted by atomic mass is 16.7. The highest BCUT2D eigenvalue weighted by Gasteiger charge is 2.63. The largest absolute Gasteiger partial charge is 0.495 e. The van der Waals surface area contributed by atoms with E-state index in [-0.39, 0.29) is 19.1 Å². The third-order valence-corrected chi connectivity index (χ3v) is 7.28. The summed E-state index contributed by atoms with van der Waals surface area (Å²) < 4.78 is 18.3. The lowest BCUT2D eigenvalue weighted by Gasteiger charge is -2.40. The molecule has 0 radical (unpaired) electrons. The van der Waals surface area contributed by atoms with Crippen LogP contribution in [0.25, 0.3) is 0 Å². The number of hydrogen-bond acceptors (Lipinski definition) is 6. The molecule has 2 aliphatic rings. The van der Waals surface area contributed by atoms with Gasteiger partial charge in [0.15, 0.2) is 5.44 Å². The smallest absolute Gasteiger partial charge is 0.449 e. The Balaban J connectivity index is 2.35. The van der Waals surface area contributed by atoms with E-state index in [1.165, 1.54) is 6.92 Å². The molecule has 2 rings (SSSR count). The Morgan fingerprint density at radius 2 is 1.44 bits per heavy atom. The van der Waals surface area contributed by atoms with Crippen molar-refractivity contribution >= 4 is 25.0 Å². The molecule has 1 aliphatic carbocycles. The van der Waals surface area contributed by atoms with E-state index in [1.54, 1.807) is 0 Å². The van der Waals surface area contributed by atoms with Crippen LogP contribution in [0.2, 0.25) is 0 Å². The Morgan fingerprint density at radius 1 is 0.944 bits per heavy atom. The van der Waals surface area contributed by atoms with Crippen LogP contribution >= 0.6 is 0 Å². The molecule has 1 saturated heterocycles. The van der Waals surface area contributed by atoms with Gasteiger partial charge < -0.3 is 29.6 Å². The molecule has 0 aromatic rings. The highest BCUT2D eigenvalue weighted by molar-refractivity contribution is 6.56. The zero-order chi connectivity index (χ0) is 27.7. The fraction of sp³-hybridized carbons (Fsp3) is 0.885. The summed E-state index contributed by atoms with van der Waals surface area (Å²) in [5.74, 6) is -0.870. The second-order valence-corrected chi connectivity index (χ2v) is 13.3. The van der Waals surface area contributed by atoms with Gasteiger partial charge in [0.1, 0.15) is 0 Å². The van der Waals surface area contributed by atoms with Crippen LogP contribution in [0.1, 0.15) is 108 Å². The van der Waals surface area contributed by atoms with Crippen molar-refractivity contribution in [3.05, 3.63) is 0 Å². The average molecular weight is 509 g/mol. The molecule has 0 spiro atoms. The first-order valence-electron chi connectivity index (χ1n) is 13.1. The van der Waals surface area contributed by atoms with Crippen LogP contribution in [0.4, 0.5) is 4.79 Å². The molecule has 3 amide bonds. The lowest BCUT2D eigenvalue weighted by molar-refractivity contribution is -0.132. The third-order valence-electron chi connectivity index (χ3n) is 7.28. The van der Waals surface area contributed by atoms with Crippen LogP contribution in [-0.4, -0.2) is 70.3 Å². The Morgan fingerprint density at radius 3 is 1.86 bits per heavy atom. The third kappa shape index (κ3) is 6.94. The van der Waals surface area contributed by atoms with Crippen molar-refractivity contribution in [3.8, 4) is 0 Å². The molecule has 1 aliphatic heterocycles. The molecule has 10 heteroatoms. The standard InChI is InChI=1S/C26H48BN3O6/c1-18(31)28-26(20(32)29-22(2,3)4,27-35-24(8,9)25(10,11)36-27)16-17-34-21(33)30(23(5,6)7)19-14-12-13-15-19/h19H,12-17H2,1-11H3,(H,28,31)(H,29,32)/t26-/m0/s1. The molecule has 2 fully saturated rings. The zero-order valence-corrected chi connectivity index (χ0v) is 24.3. The summed E-state index contributed by atoms with van der Waals surface area (Å²) in [5, 5.41) is 5.78. The maximum Gasteiger partial charge on any atom is 0.495 e. The van der Waals surface area contributed by atoms with Gasteiger partial charge in [0.05, 0.1) is 17.8 Å². The van der Waals surface area contributed by atoms with E-state index >= 15 is 0 Å². The van der Waals surface area contributed by atoms with E-state index in [0.717, 1.165) is 25.7 Å². The van der Waals surface area contributed by atoms with Crippen LogP contribution in [0.3, 0.4) is 0 Å². The Kier molecular flexibility index (Phi) is 8.89. The van der Waals surface area contributed by atoms with Gasteiger partial charge >= 0.3 is 13.2 Å². The summed E-state index contributed by atoms with van der Waals surface area (Å²) >= 11 is 0. The van der Waals surface area contributed by atoms with Gasteiger partial charge in [-0.3, -0.25) is 9.59 Å². The van der Waals surface area contributed by atoms with Crippen LogP contribution in [0.15, 0.2) is 0 Å². The summed E-state index contributed by atoms with van der Waals surface area (Å²) in [4.78, 5) is 41.2. The molecule has 2 N–H and O–H groups in total. The highest BCUT2D eigenvalue weighted by Crippen LogP contribution is 2.41. The lowest BCUT2D eigenvalue weighted by atomic mass is 9.61. The number of rotatable bonds is 7. The fourth-order valence-corrected chi connectivity index (χ4v) is 4.83. The van der Waals surface area contributed by atoms with E-state index in [0.29, 0.717) is 0 Å². The van der Waals surface area contributed by atoms with Crippen LogP contribution < -0.4 is 10.6 Å². The number of ether oxygens (including phenoxy) is 1. The normalized spacial score (nSPS) is 21.6. The first-order valence-corrected chi connectivity index (χ1v) is 13.1. The second-order valence-electron chi connectivity index (χ2n) is 13.3. The summed E-state index contributed by atoms with van der Waals surface area (Å²) in [6, 6.07) is 0.130. The molecule has 1 atom stereocenters. The quantitative estimate of drug-likeness (QED) is 0.503. The number of carbonyl (C=O) groups is 3. The predicted octanol–water partition coefficient (Wildman–Crippen LogP) is 3.98. The van der Waals surface area contributed by atoms with Gasteiger partial charge in [0.25, 0.3) is 0 Å². The number of nitrogens with one attached hydrogen (secondary N) is 2. The van der Waals surface area contributed by atoms with Crippen LogP contribution in [0, 0.1) is 0 Å². The summed E-state index contributed by atoms with van der Waals surface area (Å²) in [7, 11) is -1.08. The molecule has 0 aromatic carbocycles. The Bertz CT molecular complexity index is 811. The molecule has 0 aromatic heterocycles. The number of carbonyl (C=O) groups excluding carboxylic acids is 3. The molecule has 206 valence electrons. The fourth-order valence-electron chi connectivity index (χ4n) is 4.83. The van der Waals surface area contributed by atoms with Crippen LogP contribution in [0.5, 0.6) is 0 Å². The van der Waals surface area contributed by atoms with Gasteiger partial charge in [-0.05, 0) is 82.1 Å². The molecule has 0 unspecified atom stereocenters. The Labute approximate surface area is 217 Å². The van der Waals surface area contributed by atoms with Gasteiger partial charge in [-0.15, -0.1) is 0 Å². The van der Waals surface area contributed by atoms with E-state index < -0.39 is 52.7 Å². The maximum atomic E-state index is 13.8. The monoisotopic (exact) mass is 509 g/mol. The number of nitrogens with zero attached hydrogens (tertiary/aromatic N) is 1. The molecule has 1 saturated carbocycles. The van der Waals surface area contributed by atoms with Gasteiger partial charge in [-0.2, -0.15) is 0 Å². The number of amides is 3. The van der Waals surface area contributed by atoms with Gasteiger partial charge in [-0.25, -0.2) is 4.79 Å². The molecular formula is C26H48BN3O6. The zero-order valence-electron chi connectivity index (χ0n) is 24.3. The van der Waals surface area contributed by atoms with Crippen molar-refractivity contribution < 1.29 is 28.4 Å². The van der Waals surface area contributed by atoms with Crippen molar-refractivity contribution in [2.75, 3.05) is 6.61 Å². The topological polar surface area (TPSA) is 106 Å². The van der Waals surface area contributed by atoms with E-state index in [1.807, 2.05) is 74.1 Å². The predicted molar refractivity (Wildman–Crippen MR) is 140 cm³/mol. The first-order chi connectivity index (χ1) is 16.2. The minimum Gasteiger partial charge on any atom is -0.449 e. The van der Waals surface area contributed by atoms with Crippen molar-refractivity contribution in [2.45, 2.75) is 142 Å². The van der Waals surface area contributed by atoms with Gasteiger partial charge in [0, 0.05) is 30.5 Å². The van der Waals surface area contributed by atoms with Crippen LogP contribution in [-0.2, 0) is 23.6 Å². The molecule has 9 nitrogen and oxygen atoms in total. The molecule has 36 heavy (non-hydrogen) atoms. The Hall–Kier alpha value is -1.81. The van der Waals surface area contributed by atoms with Crippen molar-refractivity contribution in [3.63, 3.8) is 0 Å². The lowest BCUT2D eigenvalue weighted by Crippen LogP contribution is -2.70. The van der Waals surface area contributed by atoms with Gasteiger partial charge in [-0.1, -0.05) is 12.8 Å². The number of hydrogen-bond donors (Lipinski definition) is 2. The average Bonchev–Trinajstić information content (AvgIpc) is 3.24. The minimum atomic E-state index is -1.61. The minimum absolute atomic E-state index is 0.0142. The molecular weight excluding hydrogens is 461 g/mol. The summed E-state index contributed by atoms with van der Waals surface area (Å²) in [6.45, 7) is 20.3. The maximum absolute atomic E-state index is 13.8. The first kappa shape index (κ1) is 30.4. The summed E-state index contributed by atoms with van der Waals surface area (Å²) in [6.07, 6.45) is 3.64.